The lowest BCUT2D eigenvalue weighted by Gasteiger charge is -2.28. The Morgan fingerprint density at radius 2 is 1.95 bits per heavy atom. The van der Waals surface area contributed by atoms with Gasteiger partial charge in [-0.2, -0.15) is 5.26 Å². The Morgan fingerprint density at radius 1 is 1.37 bits per heavy atom. The number of nitriles is 1. The highest BCUT2D eigenvalue weighted by Crippen LogP contribution is 2.28. The summed E-state index contributed by atoms with van der Waals surface area (Å²) in [6.07, 6.45) is 2.08. The monoisotopic (exact) mass is 256 g/mol. The first-order valence-electron chi connectivity index (χ1n) is 6.87. The molecule has 0 heterocycles. The van der Waals surface area contributed by atoms with Crippen molar-refractivity contribution in [2.45, 2.75) is 39.2 Å². The topological polar surface area (TPSA) is 44.1 Å². The fourth-order valence-corrected chi connectivity index (χ4v) is 2.76. The third kappa shape index (κ3) is 2.96. The number of rotatable bonds is 4. The molecular formula is C16H20N2O. The fraction of sp³-hybridized carbons (Fsp3) is 0.500. The maximum Gasteiger partial charge on any atom is 0.226 e. The van der Waals surface area contributed by atoms with Gasteiger partial charge in [0.15, 0.2) is 0 Å². The molecule has 0 unspecified atom stereocenters. The summed E-state index contributed by atoms with van der Waals surface area (Å²) in [5, 5.41) is 8.70. The smallest absolute Gasteiger partial charge is 0.226 e. The van der Waals surface area contributed by atoms with Gasteiger partial charge in [0, 0.05) is 18.5 Å². The summed E-state index contributed by atoms with van der Waals surface area (Å²) in [7, 11) is 0. The van der Waals surface area contributed by atoms with Crippen molar-refractivity contribution in [3.8, 4) is 6.07 Å². The zero-order chi connectivity index (χ0) is 13.8. The third-order valence-electron chi connectivity index (χ3n) is 3.77. The van der Waals surface area contributed by atoms with E-state index in [0.717, 1.165) is 12.8 Å². The molecule has 3 nitrogen and oxygen atoms in total. The van der Waals surface area contributed by atoms with E-state index < -0.39 is 0 Å². The van der Waals surface area contributed by atoms with Gasteiger partial charge in [-0.25, -0.2) is 0 Å². The average molecular weight is 256 g/mol. The van der Waals surface area contributed by atoms with Gasteiger partial charge in [-0.15, -0.1) is 0 Å². The highest BCUT2D eigenvalue weighted by atomic mass is 16.2. The molecule has 1 aliphatic carbocycles. The van der Waals surface area contributed by atoms with E-state index in [9.17, 15) is 4.79 Å². The molecule has 0 fully saturated rings. The van der Waals surface area contributed by atoms with Crippen LogP contribution < -0.4 is 0 Å². The summed E-state index contributed by atoms with van der Waals surface area (Å²) in [5.41, 5.74) is 2.59. The Kier molecular flexibility index (Phi) is 4.21. The molecule has 0 spiro atoms. The van der Waals surface area contributed by atoms with E-state index in [1.54, 1.807) is 0 Å². The fourth-order valence-electron chi connectivity index (χ4n) is 2.76. The van der Waals surface area contributed by atoms with Gasteiger partial charge < -0.3 is 4.90 Å². The van der Waals surface area contributed by atoms with E-state index in [1.807, 2.05) is 30.9 Å². The minimum absolute atomic E-state index is 0.0542. The molecule has 1 aromatic rings. The van der Waals surface area contributed by atoms with Crippen molar-refractivity contribution >= 4 is 5.91 Å². The molecule has 3 heteroatoms. The number of nitrogens with zero attached hydrogens (tertiary/aromatic N) is 2. The first-order chi connectivity index (χ1) is 9.13. The third-order valence-corrected chi connectivity index (χ3v) is 3.77. The van der Waals surface area contributed by atoms with E-state index >= 15 is 0 Å². The van der Waals surface area contributed by atoms with E-state index in [0.29, 0.717) is 13.0 Å². The SMILES string of the molecule is CC(C)N(CCC#N)C(=O)C1Cc2ccccc2C1. The predicted octanol–water partition coefficient (Wildman–Crippen LogP) is 2.55. The maximum absolute atomic E-state index is 12.6. The first kappa shape index (κ1) is 13.6. The zero-order valence-electron chi connectivity index (χ0n) is 11.6. The van der Waals surface area contributed by atoms with E-state index in [2.05, 4.69) is 18.2 Å². The van der Waals surface area contributed by atoms with Crippen molar-refractivity contribution < 1.29 is 4.79 Å². The van der Waals surface area contributed by atoms with E-state index in [-0.39, 0.29) is 17.9 Å². The van der Waals surface area contributed by atoms with Crippen molar-refractivity contribution in [3.05, 3.63) is 35.4 Å². The van der Waals surface area contributed by atoms with Crippen LogP contribution in [0.2, 0.25) is 0 Å². The van der Waals surface area contributed by atoms with Gasteiger partial charge in [0.1, 0.15) is 0 Å². The van der Waals surface area contributed by atoms with Gasteiger partial charge in [-0.3, -0.25) is 4.79 Å². The lowest BCUT2D eigenvalue weighted by atomic mass is 10.0. The number of amides is 1. The van der Waals surface area contributed by atoms with Crippen LogP contribution in [0.5, 0.6) is 0 Å². The van der Waals surface area contributed by atoms with Crippen molar-refractivity contribution in [2.24, 2.45) is 5.92 Å². The van der Waals surface area contributed by atoms with E-state index in [1.165, 1.54) is 11.1 Å². The molecule has 0 radical (unpaired) electrons. The first-order valence-corrected chi connectivity index (χ1v) is 6.87. The molecule has 0 N–H and O–H groups in total. The summed E-state index contributed by atoms with van der Waals surface area (Å²) in [6, 6.07) is 10.6. The van der Waals surface area contributed by atoms with Crippen molar-refractivity contribution in [1.29, 1.82) is 5.26 Å². The minimum atomic E-state index is 0.0542. The van der Waals surface area contributed by atoms with Crippen molar-refractivity contribution in [2.75, 3.05) is 6.54 Å². The average Bonchev–Trinajstić information content (AvgIpc) is 2.82. The molecule has 2 rings (SSSR count). The Morgan fingerprint density at radius 3 is 2.42 bits per heavy atom. The Bertz CT molecular complexity index is 477. The summed E-state index contributed by atoms with van der Waals surface area (Å²) < 4.78 is 0. The second-order valence-electron chi connectivity index (χ2n) is 5.41. The summed E-state index contributed by atoms with van der Waals surface area (Å²) in [4.78, 5) is 14.4. The molecule has 0 aromatic heterocycles. The van der Waals surface area contributed by atoms with Crippen LogP contribution in [0.25, 0.3) is 0 Å². The quantitative estimate of drug-likeness (QED) is 0.831. The molecule has 0 atom stereocenters. The van der Waals surface area contributed by atoms with Crippen LogP contribution in [0.4, 0.5) is 0 Å². The summed E-state index contributed by atoms with van der Waals surface area (Å²) in [6.45, 7) is 4.56. The van der Waals surface area contributed by atoms with Gasteiger partial charge in [-0.05, 0) is 37.8 Å². The standard InChI is InChI=1S/C16H20N2O/c1-12(2)18(9-5-8-17)16(19)15-10-13-6-3-4-7-14(13)11-15/h3-4,6-7,12,15H,5,9-11H2,1-2H3. The van der Waals surface area contributed by atoms with Crippen LogP contribution in [-0.2, 0) is 17.6 Å². The highest BCUT2D eigenvalue weighted by molar-refractivity contribution is 5.80. The number of hydrogen-bond acceptors (Lipinski definition) is 2. The molecule has 1 amide bonds. The summed E-state index contributed by atoms with van der Waals surface area (Å²) in [5.74, 6) is 0.250. The Balaban J connectivity index is 2.06. The Labute approximate surface area is 114 Å². The predicted molar refractivity (Wildman–Crippen MR) is 74.4 cm³/mol. The highest BCUT2D eigenvalue weighted by Gasteiger charge is 2.31. The molecule has 1 aromatic carbocycles. The summed E-state index contributed by atoms with van der Waals surface area (Å²) >= 11 is 0. The molecule has 0 aliphatic heterocycles. The van der Waals surface area contributed by atoms with Crippen molar-refractivity contribution in [3.63, 3.8) is 0 Å². The lowest BCUT2D eigenvalue weighted by Crippen LogP contribution is -2.41. The number of carbonyl (C=O) groups excluding carboxylic acids is 1. The van der Waals surface area contributed by atoms with Crippen LogP contribution >= 0.6 is 0 Å². The van der Waals surface area contributed by atoms with Gasteiger partial charge in [0.2, 0.25) is 5.91 Å². The molecule has 0 saturated carbocycles. The van der Waals surface area contributed by atoms with Gasteiger partial charge in [0.05, 0.1) is 12.5 Å². The van der Waals surface area contributed by atoms with Gasteiger partial charge in [0.25, 0.3) is 0 Å². The molecular weight excluding hydrogens is 236 g/mol. The van der Waals surface area contributed by atoms with Crippen LogP contribution in [0.3, 0.4) is 0 Å². The molecule has 0 saturated heterocycles. The van der Waals surface area contributed by atoms with Crippen LogP contribution in [0.1, 0.15) is 31.4 Å². The van der Waals surface area contributed by atoms with E-state index in [4.69, 9.17) is 5.26 Å². The van der Waals surface area contributed by atoms with Crippen molar-refractivity contribution in [1.82, 2.24) is 4.90 Å². The number of carbonyl (C=O) groups is 1. The molecule has 100 valence electrons. The second-order valence-corrected chi connectivity index (χ2v) is 5.41. The number of hydrogen-bond donors (Lipinski definition) is 0. The van der Waals surface area contributed by atoms with Crippen LogP contribution in [0.15, 0.2) is 24.3 Å². The van der Waals surface area contributed by atoms with Gasteiger partial charge in [-0.1, -0.05) is 24.3 Å². The van der Waals surface area contributed by atoms with Crippen LogP contribution in [-0.4, -0.2) is 23.4 Å². The number of benzene rings is 1. The largest absolute Gasteiger partial charge is 0.339 e. The molecule has 19 heavy (non-hydrogen) atoms. The normalized spacial score (nSPS) is 14.2. The minimum Gasteiger partial charge on any atom is -0.339 e. The maximum atomic E-state index is 12.6. The molecule has 1 aliphatic rings. The van der Waals surface area contributed by atoms with Gasteiger partial charge >= 0.3 is 0 Å². The van der Waals surface area contributed by atoms with Crippen LogP contribution in [0, 0.1) is 17.2 Å². The number of fused-ring (bicyclic) bond motifs is 1. The Hall–Kier alpha value is -1.82. The zero-order valence-corrected chi connectivity index (χ0v) is 11.6. The lowest BCUT2D eigenvalue weighted by molar-refractivity contribution is -0.136. The molecule has 0 bridgehead atoms. The second kappa shape index (κ2) is 5.88.